The molecule has 3 nitrogen and oxygen atoms in total. The lowest BCUT2D eigenvalue weighted by Gasteiger charge is -2.12. The van der Waals surface area contributed by atoms with Crippen LogP contribution in [0.2, 0.25) is 0 Å². The summed E-state index contributed by atoms with van der Waals surface area (Å²) in [7, 11) is 0. The van der Waals surface area contributed by atoms with Crippen molar-refractivity contribution in [3.63, 3.8) is 0 Å². The molecule has 0 bridgehead atoms. The summed E-state index contributed by atoms with van der Waals surface area (Å²) >= 11 is 3.88. The Balaban J connectivity index is 1.79. The van der Waals surface area contributed by atoms with Crippen molar-refractivity contribution in [3.05, 3.63) is 103 Å². The van der Waals surface area contributed by atoms with E-state index >= 15 is 0 Å². The second kappa shape index (κ2) is 7.57. The molecule has 0 saturated carbocycles. The molecule has 5 rings (SSSR count). The van der Waals surface area contributed by atoms with Crippen LogP contribution in [0.15, 0.2) is 83.0 Å². The first kappa shape index (κ1) is 18.3. The molecule has 29 heavy (non-hydrogen) atoms. The highest BCUT2D eigenvalue weighted by Gasteiger charge is 2.12. The number of thiophene rings is 1. The SMILES string of the molecule is O=c1c2cc(I)ccc2nc(C=Cc2cccs2)n1-c1ccc2ccccc2c1. The van der Waals surface area contributed by atoms with Crippen LogP contribution in [-0.4, -0.2) is 9.55 Å². The summed E-state index contributed by atoms with van der Waals surface area (Å²) in [6.45, 7) is 0. The molecule has 0 radical (unpaired) electrons. The Bertz CT molecular complexity index is 1440. The zero-order chi connectivity index (χ0) is 19.8. The largest absolute Gasteiger partial charge is 0.268 e. The number of fused-ring (bicyclic) bond motifs is 2. The molecule has 0 aliphatic carbocycles. The van der Waals surface area contributed by atoms with E-state index in [2.05, 4.69) is 34.7 Å². The topological polar surface area (TPSA) is 34.9 Å². The van der Waals surface area contributed by atoms with Gasteiger partial charge in [-0.3, -0.25) is 9.36 Å². The van der Waals surface area contributed by atoms with E-state index in [-0.39, 0.29) is 5.56 Å². The van der Waals surface area contributed by atoms with E-state index in [9.17, 15) is 4.79 Å². The summed E-state index contributed by atoms with van der Waals surface area (Å²) in [4.78, 5) is 19.4. The molecule has 0 saturated heterocycles. The average Bonchev–Trinajstić information content (AvgIpc) is 3.26. The summed E-state index contributed by atoms with van der Waals surface area (Å²) in [5.41, 5.74) is 1.46. The van der Waals surface area contributed by atoms with Crippen molar-refractivity contribution in [1.82, 2.24) is 9.55 Å². The maximum absolute atomic E-state index is 13.5. The van der Waals surface area contributed by atoms with E-state index in [0.29, 0.717) is 16.7 Å². The van der Waals surface area contributed by atoms with Crippen molar-refractivity contribution in [2.24, 2.45) is 0 Å². The van der Waals surface area contributed by atoms with Crippen molar-refractivity contribution in [1.29, 1.82) is 0 Å². The maximum atomic E-state index is 13.5. The number of nitrogens with zero attached hydrogens (tertiary/aromatic N) is 2. The third-order valence-electron chi connectivity index (χ3n) is 4.79. The third-order valence-corrected chi connectivity index (χ3v) is 6.30. The van der Waals surface area contributed by atoms with E-state index in [1.807, 2.05) is 78.2 Å². The minimum Gasteiger partial charge on any atom is -0.268 e. The predicted octanol–water partition coefficient (Wildman–Crippen LogP) is 6.38. The van der Waals surface area contributed by atoms with Gasteiger partial charge in [-0.25, -0.2) is 4.98 Å². The second-order valence-electron chi connectivity index (χ2n) is 6.65. The van der Waals surface area contributed by atoms with Gasteiger partial charge in [0.1, 0.15) is 5.82 Å². The molecule has 0 atom stereocenters. The number of halogens is 1. The van der Waals surface area contributed by atoms with Crippen LogP contribution in [0.4, 0.5) is 0 Å². The van der Waals surface area contributed by atoms with Crippen LogP contribution in [0.5, 0.6) is 0 Å². The molecule has 3 aromatic carbocycles. The van der Waals surface area contributed by atoms with E-state index < -0.39 is 0 Å². The molecule has 0 amide bonds. The van der Waals surface area contributed by atoms with Crippen molar-refractivity contribution in [2.45, 2.75) is 0 Å². The van der Waals surface area contributed by atoms with Crippen LogP contribution in [0, 0.1) is 3.57 Å². The highest BCUT2D eigenvalue weighted by molar-refractivity contribution is 14.1. The summed E-state index contributed by atoms with van der Waals surface area (Å²) < 4.78 is 2.72. The van der Waals surface area contributed by atoms with Gasteiger partial charge < -0.3 is 0 Å². The van der Waals surface area contributed by atoms with Gasteiger partial charge in [0.15, 0.2) is 0 Å². The molecule has 2 heterocycles. The molecule has 2 aromatic heterocycles. The normalized spacial score (nSPS) is 11.6. The van der Waals surface area contributed by atoms with Gasteiger partial charge in [-0.15, -0.1) is 11.3 Å². The maximum Gasteiger partial charge on any atom is 0.266 e. The van der Waals surface area contributed by atoms with Crippen LogP contribution < -0.4 is 5.56 Å². The van der Waals surface area contributed by atoms with Crippen LogP contribution in [-0.2, 0) is 0 Å². The Kier molecular flexibility index (Phi) is 4.77. The zero-order valence-electron chi connectivity index (χ0n) is 15.2. The van der Waals surface area contributed by atoms with Gasteiger partial charge in [0.2, 0.25) is 0 Å². The van der Waals surface area contributed by atoms with E-state index in [4.69, 9.17) is 4.98 Å². The smallest absolute Gasteiger partial charge is 0.266 e. The predicted molar refractivity (Wildman–Crippen MR) is 131 cm³/mol. The standard InChI is InChI=1S/C24H15IN2OS/c25-18-8-11-22-21(15-18)24(28)27(23(26-22)12-10-20-6-3-13-29-20)19-9-7-16-4-1-2-5-17(16)14-19/h1-15H. The van der Waals surface area contributed by atoms with Crippen LogP contribution >= 0.6 is 33.9 Å². The number of aromatic nitrogens is 2. The van der Waals surface area contributed by atoms with Crippen LogP contribution in [0.1, 0.15) is 10.7 Å². The minimum atomic E-state index is -0.0605. The van der Waals surface area contributed by atoms with Gasteiger partial charge in [0.25, 0.3) is 5.56 Å². The fraction of sp³-hybridized carbons (Fsp3) is 0. The van der Waals surface area contributed by atoms with Gasteiger partial charge in [-0.1, -0.05) is 36.4 Å². The van der Waals surface area contributed by atoms with Gasteiger partial charge in [-0.2, -0.15) is 0 Å². The minimum absolute atomic E-state index is 0.0605. The first-order chi connectivity index (χ1) is 14.2. The second-order valence-corrected chi connectivity index (χ2v) is 8.88. The quantitative estimate of drug-likeness (QED) is 0.267. The molecule has 0 fully saturated rings. The number of benzene rings is 3. The monoisotopic (exact) mass is 506 g/mol. The lowest BCUT2D eigenvalue weighted by molar-refractivity contribution is 0.945. The summed E-state index contributed by atoms with van der Waals surface area (Å²) in [5.74, 6) is 0.618. The van der Waals surface area contributed by atoms with Crippen molar-refractivity contribution in [2.75, 3.05) is 0 Å². The number of hydrogen-bond donors (Lipinski definition) is 0. The Morgan fingerprint density at radius 3 is 2.59 bits per heavy atom. The molecular formula is C24H15IN2OS. The third kappa shape index (κ3) is 3.52. The summed E-state index contributed by atoms with van der Waals surface area (Å²) in [6.07, 6.45) is 3.92. The highest BCUT2D eigenvalue weighted by Crippen LogP contribution is 2.22. The summed E-state index contributed by atoms with van der Waals surface area (Å²) in [6, 6.07) is 24.1. The van der Waals surface area contributed by atoms with Gasteiger partial charge in [-0.05, 0) is 87.3 Å². The summed E-state index contributed by atoms with van der Waals surface area (Å²) in [5, 5.41) is 4.89. The number of rotatable bonds is 3. The molecule has 140 valence electrons. The highest BCUT2D eigenvalue weighted by atomic mass is 127. The first-order valence-corrected chi connectivity index (χ1v) is 11.1. The first-order valence-electron chi connectivity index (χ1n) is 9.12. The van der Waals surface area contributed by atoms with Gasteiger partial charge in [0, 0.05) is 8.45 Å². The molecule has 5 heteroatoms. The number of hydrogen-bond acceptors (Lipinski definition) is 3. The van der Waals surface area contributed by atoms with Crippen molar-refractivity contribution >= 4 is 67.8 Å². The fourth-order valence-corrected chi connectivity index (χ4v) is 4.50. The molecular weight excluding hydrogens is 491 g/mol. The Labute approximate surface area is 185 Å². The fourth-order valence-electron chi connectivity index (χ4n) is 3.39. The Hall–Kier alpha value is -2.77. The van der Waals surface area contributed by atoms with Gasteiger partial charge in [0.05, 0.1) is 16.6 Å². The Morgan fingerprint density at radius 2 is 1.76 bits per heavy atom. The Morgan fingerprint density at radius 1 is 0.897 bits per heavy atom. The molecule has 0 spiro atoms. The van der Waals surface area contributed by atoms with Crippen LogP contribution in [0.25, 0.3) is 39.5 Å². The zero-order valence-corrected chi connectivity index (χ0v) is 18.2. The molecule has 0 unspecified atom stereocenters. The average molecular weight is 506 g/mol. The lowest BCUT2D eigenvalue weighted by Crippen LogP contribution is -2.22. The molecule has 0 N–H and O–H groups in total. The van der Waals surface area contributed by atoms with Crippen molar-refractivity contribution in [3.8, 4) is 5.69 Å². The molecule has 0 aliphatic heterocycles. The van der Waals surface area contributed by atoms with E-state index in [1.165, 1.54) is 0 Å². The van der Waals surface area contributed by atoms with Crippen LogP contribution in [0.3, 0.4) is 0 Å². The van der Waals surface area contributed by atoms with Crippen molar-refractivity contribution < 1.29 is 0 Å². The molecule has 0 aliphatic rings. The van der Waals surface area contributed by atoms with E-state index in [1.54, 1.807) is 15.9 Å². The lowest BCUT2D eigenvalue weighted by atomic mass is 10.1. The van der Waals surface area contributed by atoms with Gasteiger partial charge >= 0.3 is 0 Å². The van der Waals surface area contributed by atoms with E-state index in [0.717, 1.165) is 24.9 Å². The molecule has 5 aromatic rings.